The highest BCUT2D eigenvalue weighted by molar-refractivity contribution is 6.30. The third-order valence-electron chi connectivity index (χ3n) is 6.58. The number of carbonyl (C=O) groups is 2. The summed E-state index contributed by atoms with van der Waals surface area (Å²) in [6, 6.07) is 21.5. The van der Waals surface area contributed by atoms with Crippen LogP contribution in [0.1, 0.15) is 21.6 Å². The van der Waals surface area contributed by atoms with Gasteiger partial charge in [-0.05, 0) is 53.9 Å². The number of pyridine rings is 1. The summed E-state index contributed by atoms with van der Waals surface area (Å²) in [6.45, 7) is 3.14. The molecule has 1 N–H and O–H groups in total. The lowest BCUT2D eigenvalue weighted by Crippen LogP contribution is -2.53. The molecule has 36 heavy (non-hydrogen) atoms. The van der Waals surface area contributed by atoms with Crippen LogP contribution in [0.2, 0.25) is 5.02 Å². The van der Waals surface area contributed by atoms with Crippen molar-refractivity contribution in [1.82, 2.24) is 24.7 Å². The van der Waals surface area contributed by atoms with Crippen molar-refractivity contribution in [2.45, 2.75) is 13.0 Å². The number of aromatic nitrogens is 2. The summed E-state index contributed by atoms with van der Waals surface area (Å²) in [5.74, 6) is -0.0158. The van der Waals surface area contributed by atoms with Crippen LogP contribution in [0.15, 0.2) is 79.1 Å². The first-order valence-corrected chi connectivity index (χ1v) is 12.5. The van der Waals surface area contributed by atoms with Crippen molar-refractivity contribution in [1.29, 1.82) is 0 Å². The molecule has 0 aliphatic carbocycles. The first kappa shape index (κ1) is 23.9. The molecule has 1 fully saturated rings. The van der Waals surface area contributed by atoms with Crippen LogP contribution in [0.5, 0.6) is 0 Å². The number of fused-ring (bicyclic) bond motifs is 1. The normalized spacial score (nSPS) is 13.7. The lowest BCUT2D eigenvalue weighted by atomic mass is 10.2. The third-order valence-corrected chi connectivity index (χ3v) is 6.83. The van der Waals surface area contributed by atoms with Gasteiger partial charge >= 0.3 is 6.03 Å². The molecule has 5 rings (SSSR count). The minimum Gasteiger partial charge on any atom is -0.338 e. The molecule has 0 saturated carbocycles. The van der Waals surface area contributed by atoms with Crippen LogP contribution in [0.3, 0.4) is 0 Å². The fourth-order valence-corrected chi connectivity index (χ4v) is 4.71. The summed E-state index contributed by atoms with van der Waals surface area (Å²) >= 11 is 6.06. The molecule has 0 spiro atoms. The van der Waals surface area contributed by atoms with Gasteiger partial charge in [-0.3, -0.25) is 9.78 Å². The van der Waals surface area contributed by atoms with E-state index in [0.717, 1.165) is 28.5 Å². The summed E-state index contributed by atoms with van der Waals surface area (Å²) in [7, 11) is 0. The van der Waals surface area contributed by atoms with Crippen LogP contribution in [0.4, 0.5) is 4.79 Å². The molecule has 3 amide bonds. The molecular weight excluding hydrogens is 474 g/mol. The van der Waals surface area contributed by atoms with E-state index in [1.807, 2.05) is 71.6 Å². The Morgan fingerprint density at radius 2 is 1.56 bits per heavy atom. The number of para-hydroxylation sites is 1. The molecule has 2 aromatic carbocycles. The number of hydrogen-bond acceptors (Lipinski definition) is 3. The highest BCUT2D eigenvalue weighted by atomic mass is 35.5. The maximum absolute atomic E-state index is 13.6. The van der Waals surface area contributed by atoms with Gasteiger partial charge in [-0.25, -0.2) is 4.79 Å². The number of urea groups is 1. The van der Waals surface area contributed by atoms with Crippen molar-refractivity contribution >= 4 is 34.4 Å². The molecule has 184 valence electrons. The van der Waals surface area contributed by atoms with E-state index in [2.05, 4.69) is 14.9 Å². The van der Waals surface area contributed by atoms with E-state index in [-0.39, 0.29) is 11.9 Å². The largest absolute Gasteiger partial charge is 0.338 e. The topological polar surface area (TPSA) is 70.5 Å². The minimum absolute atomic E-state index is 0.0158. The quantitative estimate of drug-likeness (QED) is 0.424. The fourth-order valence-electron chi connectivity index (χ4n) is 4.58. The van der Waals surface area contributed by atoms with Crippen LogP contribution in [-0.2, 0) is 13.0 Å². The summed E-state index contributed by atoms with van der Waals surface area (Å²) in [5, 5.41) is 4.70. The number of amides is 3. The van der Waals surface area contributed by atoms with E-state index >= 15 is 0 Å². The van der Waals surface area contributed by atoms with Crippen molar-refractivity contribution in [2.24, 2.45) is 0 Å². The number of halogens is 1. The van der Waals surface area contributed by atoms with Gasteiger partial charge in [-0.15, -0.1) is 0 Å². The van der Waals surface area contributed by atoms with Gasteiger partial charge in [0.1, 0.15) is 5.69 Å². The lowest BCUT2D eigenvalue weighted by Gasteiger charge is -2.35. The van der Waals surface area contributed by atoms with Gasteiger partial charge in [-0.2, -0.15) is 0 Å². The van der Waals surface area contributed by atoms with Gasteiger partial charge in [0.15, 0.2) is 0 Å². The second kappa shape index (κ2) is 10.8. The standard InChI is InChI=1S/C28H28ClN5O2/c29-24-7-5-22(6-8-24)20-34-25-4-2-1-3-23(25)19-26(34)27(35)32-15-17-33(18-16-32)28(36)31-14-11-21-9-12-30-13-10-21/h1-10,12-13,19H,11,14-18,20H2,(H,31,36). The van der Waals surface area contributed by atoms with E-state index in [9.17, 15) is 9.59 Å². The molecule has 0 unspecified atom stereocenters. The van der Waals surface area contributed by atoms with Gasteiger partial charge in [-0.1, -0.05) is 41.9 Å². The summed E-state index contributed by atoms with van der Waals surface area (Å²) < 4.78 is 2.07. The number of carbonyl (C=O) groups excluding carboxylic acids is 2. The van der Waals surface area contributed by atoms with Crippen molar-refractivity contribution in [3.05, 3.63) is 101 Å². The molecule has 1 aliphatic heterocycles. The number of hydrogen-bond donors (Lipinski definition) is 1. The molecule has 4 aromatic rings. The number of rotatable bonds is 6. The third kappa shape index (κ3) is 5.36. The summed E-state index contributed by atoms with van der Waals surface area (Å²) in [4.78, 5) is 33.8. The molecule has 0 bridgehead atoms. The zero-order chi connectivity index (χ0) is 24.9. The van der Waals surface area contributed by atoms with Crippen molar-refractivity contribution in [3.63, 3.8) is 0 Å². The van der Waals surface area contributed by atoms with E-state index in [1.165, 1.54) is 0 Å². The molecule has 1 saturated heterocycles. The van der Waals surface area contributed by atoms with E-state index in [1.54, 1.807) is 17.3 Å². The Kier molecular flexibility index (Phi) is 7.18. The molecule has 0 atom stereocenters. The van der Waals surface area contributed by atoms with E-state index in [4.69, 9.17) is 11.6 Å². The molecule has 2 aromatic heterocycles. The molecule has 7 nitrogen and oxygen atoms in total. The van der Waals surface area contributed by atoms with Gasteiger partial charge in [0.2, 0.25) is 0 Å². The zero-order valence-corrected chi connectivity index (χ0v) is 20.7. The maximum Gasteiger partial charge on any atom is 0.317 e. The Hall–Kier alpha value is -3.84. The van der Waals surface area contributed by atoms with E-state index in [0.29, 0.717) is 50.0 Å². The first-order chi connectivity index (χ1) is 17.6. The number of nitrogens with zero attached hydrogens (tertiary/aromatic N) is 4. The smallest absolute Gasteiger partial charge is 0.317 e. The predicted octanol–water partition coefficient (Wildman–Crippen LogP) is 4.45. The van der Waals surface area contributed by atoms with Gasteiger partial charge in [0.05, 0.1) is 0 Å². The summed E-state index contributed by atoms with van der Waals surface area (Å²) in [5.41, 5.74) is 3.88. The summed E-state index contributed by atoms with van der Waals surface area (Å²) in [6.07, 6.45) is 4.26. The van der Waals surface area contributed by atoms with Crippen LogP contribution in [-0.4, -0.2) is 64.0 Å². The van der Waals surface area contributed by atoms with Gasteiger partial charge in [0.25, 0.3) is 5.91 Å². The molecule has 8 heteroatoms. The van der Waals surface area contributed by atoms with Crippen molar-refractivity contribution < 1.29 is 9.59 Å². The van der Waals surface area contributed by atoms with Crippen LogP contribution < -0.4 is 5.32 Å². The van der Waals surface area contributed by atoms with Crippen molar-refractivity contribution in [3.8, 4) is 0 Å². The highest BCUT2D eigenvalue weighted by Gasteiger charge is 2.27. The monoisotopic (exact) mass is 501 g/mol. The second-order valence-electron chi connectivity index (χ2n) is 8.92. The molecular formula is C28H28ClN5O2. The van der Waals surface area contributed by atoms with Gasteiger partial charge < -0.3 is 19.7 Å². The molecule has 0 radical (unpaired) electrons. The number of nitrogens with one attached hydrogen (secondary N) is 1. The lowest BCUT2D eigenvalue weighted by molar-refractivity contribution is 0.0655. The van der Waals surface area contributed by atoms with Crippen LogP contribution >= 0.6 is 11.6 Å². The van der Waals surface area contributed by atoms with Crippen LogP contribution in [0.25, 0.3) is 10.9 Å². The Labute approximate surface area is 215 Å². The average Bonchev–Trinajstić information content (AvgIpc) is 3.28. The SMILES string of the molecule is O=C(NCCc1ccncc1)N1CCN(C(=O)c2cc3ccccc3n2Cc2ccc(Cl)cc2)CC1. The van der Waals surface area contributed by atoms with Crippen molar-refractivity contribution in [2.75, 3.05) is 32.7 Å². The Morgan fingerprint density at radius 1 is 0.861 bits per heavy atom. The van der Waals surface area contributed by atoms with Gasteiger partial charge in [0, 0.05) is 67.6 Å². The zero-order valence-electron chi connectivity index (χ0n) is 19.9. The predicted molar refractivity (Wildman–Crippen MR) is 141 cm³/mol. The Morgan fingerprint density at radius 3 is 2.31 bits per heavy atom. The maximum atomic E-state index is 13.6. The molecule has 1 aliphatic rings. The average molecular weight is 502 g/mol. The van der Waals surface area contributed by atoms with Crippen LogP contribution in [0, 0.1) is 0 Å². The number of piperazine rings is 1. The Bertz CT molecular complexity index is 1350. The number of benzene rings is 2. The highest BCUT2D eigenvalue weighted by Crippen LogP contribution is 2.23. The van der Waals surface area contributed by atoms with E-state index < -0.39 is 0 Å². The molecule has 3 heterocycles. The minimum atomic E-state index is -0.0898. The fraction of sp³-hybridized carbons (Fsp3) is 0.250. The Balaban J connectivity index is 1.23. The second-order valence-corrected chi connectivity index (χ2v) is 9.35. The first-order valence-electron chi connectivity index (χ1n) is 12.1.